The summed E-state index contributed by atoms with van der Waals surface area (Å²) in [6.07, 6.45) is 5.56. The molecule has 0 spiro atoms. The molecule has 4 aliphatic rings. The number of hydrogen-bond acceptors (Lipinski definition) is 6. The van der Waals surface area contributed by atoms with Gasteiger partial charge in [0.05, 0.1) is 0 Å². The molecule has 232 valence electrons. The molecule has 4 saturated heterocycles. The van der Waals surface area contributed by atoms with Gasteiger partial charge in [0.15, 0.2) is 0 Å². The topological polar surface area (TPSA) is 19.4 Å². The molecule has 0 amide bonds. The third-order valence-corrected chi connectivity index (χ3v) is 9.86. The fourth-order valence-corrected chi connectivity index (χ4v) is 6.87. The highest BCUT2D eigenvalue weighted by atomic mass is 15.3. The summed E-state index contributed by atoms with van der Waals surface area (Å²) in [5.41, 5.74) is 0. The van der Waals surface area contributed by atoms with Gasteiger partial charge in [0.2, 0.25) is 0 Å². The Bertz CT molecular complexity index is 539. The van der Waals surface area contributed by atoms with Crippen molar-refractivity contribution in [3.63, 3.8) is 0 Å². The maximum atomic E-state index is 2.75. The fourth-order valence-electron chi connectivity index (χ4n) is 6.87. The van der Waals surface area contributed by atoms with Gasteiger partial charge in [0, 0.05) is 89.1 Å². The molecule has 0 N–H and O–H groups in total. The lowest BCUT2D eigenvalue weighted by atomic mass is 9.95. The minimum absolute atomic E-state index is 0.718. The predicted octanol–water partition coefficient (Wildman–Crippen LogP) is 5.04. The second-order valence-electron chi connectivity index (χ2n) is 13.5. The number of rotatable bonds is 7. The minimum Gasteiger partial charge on any atom is -0.301 e. The van der Waals surface area contributed by atoms with Gasteiger partial charge in [0.25, 0.3) is 0 Å². The van der Waals surface area contributed by atoms with Crippen LogP contribution in [0.15, 0.2) is 0 Å². The van der Waals surface area contributed by atoms with Crippen molar-refractivity contribution in [3.8, 4) is 0 Å². The van der Waals surface area contributed by atoms with E-state index in [1.54, 1.807) is 0 Å². The van der Waals surface area contributed by atoms with Crippen molar-refractivity contribution in [3.05, 3.63) is 0 Å². The van der Waals surface area contributed by atoms with Crippen molar-refractivity contribution in [1.82, 2.24) is 29.4 Å². The van der Waals surface area contributed by atoms with Gasteiger partial charge in [0.1, 0.15) is 0 Å². The van der Waals surface area contributed by atoms with E-state index in [1.165, 1.54) is 111 Å². The lowest BCUT2D eigenvalue weighted by molar-refractivity contribution is 0.0425. The van der Waals surface area contributed by atoms with E-state index in [-0.39, 0.29) is 0 Å². The van der Waals surface area contributed by atoms with E-state index in [9.17, 15) is 0 Å². The van der Waals surface area contributed by atoms with Crippen LogP contribution >= 0.6 is 0 Å². The molecular weight excluding hydrogens is 480 g/mol. The standard InChI is InChI=1S/C16H33N3.C15H31N3.C2H6/c1-14(2)18-7-5-16(6-8-18)13-17-9-11-19(12-10-17)15(3)4;1-13(2)16-7-5-15(6-8-16)18-11-9-17(10-12-18)14(3)4;1-2/h14-16H,5-13H2,1-4H3;13-15H,5-12H2,1-4H3;1-2H3. The summed E-state index contributed by atoms with van der Waals surface area (Å²) in [7, 11) is 0. The molecule has 39 heavy (non-hydrogen) atoms. The fraction of sp³-hybridized carbons (Fsp3) is 1.00. The van der Waals surface area contributed by atoms with E-state index in [2.05, 4.69) is 84.8 Å². The summed E-state index contributed by atoms with van der Waals surface area (Å²) < 4.78 is 0. The Morgan fingerprint density at radius 2 is 0.769 bits per heavy atom. The molecule has 0 radical (unpaired) electrons. The zero-order chi connectivity index (χ0) is 28.9. The molecule has 0 aromatic heterocycles. The molecule has 4 rings (SSSR count). The van der Waals surface area contributed by atoms with Crippen LogP contribution in [0.2, 0.25) is 0 Å². The van der Waals surface area contributed by atoms with Crippen LogP contribution in [0.5, 0.6) is 0 Å². The highest BCUT2D eigenvalue weighted by molar-refractivity contribution is 4.85. The monoisotopic (exact) mass is 551 g/mol. The van der Waals surface area contributed by atoms with E-state index in [0.29, 0.717) is 0 Å². The Morgan fingerprint density at radius 1 is 0.436 bits per heavy atom. The van der Waals surface area contributed by atoms with Crippen molar-refractivity contribution >= 4 is 0 Å². The number of piperazine rings is 2. The van der Waals surface area contributed by atoms with Crippen molar-refractivity contribution in [1.29, 1.82) is 0 Å². The Balaban J connectivity index is 0.000000258. The highest BCUT2D eigenvalue weighted by Crippen LogP contribution is 2.21. The van der Waals surface area contributed by atoms with E-state index in [4.69, 9.17) is 0 Å². The molecule has 0 unspecified atom stereocenters. The van der Waals surface area contributed by atoms with Gasteiger partial charge in [-0.05, 0) is 113 Å². The first-order valence-electron chi connectivity index (χ1n) is 17.1. The molecule has 6 nitrogen and oxygen atoms in total. The molecule has 0 saturated carbocycles. The second-order valence-corrected chi connectivity index (χ2v) is 13.5. The van der Waals surface area contributed by atoms with Gasteiger partial charge >= 0.3 is 0 Å². The molecule has 4 fully saturated rings. The van der Waals surface area contributed by atoms with Crippen LogP contribution in [-0.4, -0.2) is 145 Å². The van der Waals surface area contributed by atoms with Gasteiger partial charge in [-0.1, -0.05) is 13.8 Å². The normalized spacial score (nSPS) is 24.8. The Hall–Kier alpha value is -0.240. The summed E-state index contributed by atoms with van der Waals surface area (Å²) in [4.78, 5) is 15.9. The second kappa shape index (κ2) is 18.3. The molecule has 4 aliphatic heterocycles. The van der Waals surface area contributed by atoms with E-state index < -0.39 is 0 Å². The average Bonchev–Trinajstić information content (AvgIpc) is 2.95. The zero-order valence-corrected chi connectivity index (χ0v) is 28.2. The van der Waals surface area contributed by atoms with Crippen LogP contribution in [0.3, 0.4) is 0 Å². The van der Waals surface area contributed by atoms with E-state index in [1.807, 2.05) is 13.8 Å². The first kappa shape index (κ1) is 35.0. The molecule has 0 aromatic rings. The lowest BCUT2D eigenvalue weighted by Gasteiger charge is -2.44. The largest absolute Gasteiger partial charge is 0.301 e. The lowest BCUT2D eigenvalue weighted by Crippen LogP contribution is -2.54. The molecule has 0 atom stereocenters. The van der Waals surface area contributed by atoms with Crippen LogP contribution < -0.4 is 0 Å². The van der Waals surface area contributed by atoms with Crippen molar-refractivity contribution in [2.45, 2.75) is 125 Å². The van der Waals surface area contributed by atoms with Crippen molar-refractivity contribution in [2.75, 3.05) is 85.1 Å². The Morgan fingerprint density at radius 3 is 1.15 bits per heavy atom. The third kappa shape index (κ3) is 11.9. The number of nitrogens with zero attached hydrogens (tertiary/aromatic N) is 6. The quantitative estimate of drug-likeness (QED) is 0.439. The number of piperidine rings is 2. The maximum Gasteiger partial charge on any atom is 0.0121 e. The third-order valence-electron chi connectivity index (χ3n) is 9.86. The van der Waals surface area contributed by atoms with Gasteiger partial charge in [-0.3, -0.25) is 14.7 Å². The first-order valence-corrected chi connectivity index (χ1v) is 17.1. The van der Waals surface area contributed by atoms with Crippen LogP contribution in [0.4, 0.5) is 0 Å². The van der Waals surface area contributed by atoms with E-state index >= 15 is 0 Å². The Kier molecular flexibility index (Phi) is 16.4. The van der Waals surface area contributed by atoms with Crippen LogP contribution in [0.1, 0.15) is 94.9 Å². The molecule has 0 aromatic carbocycles. The molecule has 0 aliphatic carbocycles. The molecule has 6 heteroatoms. The van der Waals surface area contributed by atoms with Crippen LogP contribution in [-0.2, 0) is 0 Å². The summed E-state index contributed by atoms with van der Waals surface area (Å²) in [5.74, 6) is 0.945. The van der Waals surface area contributed by atoms with Crippen LogP contribution in [0.25, 0.3) is 0 Å². The van der Waals surface area contributed by atoms with Gasteiger partial charge in [-0.15, -0.1) is 0 Å². The van der Waals surface area contributed by atoms with E-state index in [0.717, 1.165) is 36.1 Å². The van der Waals surface area contributed by atoms with Crippen molar-refractivity contribution in [2.24, 2.45) is 5.92 Å². The Labute approximate surface area is 245 Å². The van der Waals surface area contributed by atoms with Crippen molar-refractivity contribution < 1.29 is 0 Å². The summed E-state index contributed by atoms with van der Waals surface area (Å²) in [6.45, 7) is 39.3. The highest BCUT2D eigenvalue weighted by Gasteiger charge is 2.29. The van der Waals surface area contributed by atoms with Gasteiger partial charge in [-0.2, -0.15) is 0 Å². The smallest absolute Gasteiger partial charge is 0.0121 e. The SMILES string of the molecule is CC.CC(C)N1CCC(CN2CCN(C(C)C)CC2)CC1.CC(C)N1CCC(N2CCN(C(C)C)CC2)CC1. The minimum atomic E-state index is 0.718. The summed E-state index contributed by atoms with van der Waals surface area (Å²) in [6, 6.07) is 3.75. The zero-order valence-electron chi connectivity index (χ0n) is 28.2. The summed E-state index contributed by atoms with van der Waals surface area (Å²) in [5, 5.41) is 0. The maximum absolute atomic E-state index is 2.75. The number of hydrogen-bond donors (Lipinski definition) is 0. The number of likely N-dealkylation sites (tertiary alicyclic amines) is 2. The molecular formula is C33H70N6. The van der Waals surface area contributed by atoms with Crippen LogP contribution in [0, 0.1) is 5.92 Å². The van der Waals surface area contributed by atoms with Gasteiger partial charge in [-0.25, -0.2) is 0 Å². The predicted molar refractivity (Wildman–Crippen MR) is 172 cm³/mol. The average molecular weight is 551 g/mol. The first-order chi connectivity index (χ1) is 18.6. The van der Waals surface area contributed by atoms with Gasteiger partial charge < -0.3 is 14.7 Å². The molecule has 0 bridgehead atoms. The summed E-state index contributed by atoms with van der Waals surface area (Å²) >= 11 is 0. The molecule has 4 heterocycles.